The molecule has 4 aliphatic rings. The van der Waals surface area contributed by atoms with E-state index >= 15 is 0 Å². The van der Waals surface area contributed by atoms with Crippen molar-refractivity contribution in [3.05, 3.63) is 226 Å². The quantitative estimate of drug-likeness (QED) is 0.179. The van der Waals surface area contributed by atoms with Crippen molar-refractivity contribution < 1.29 is 9.59 Å². The number of benzene rings is 7. The molecule has 0 N–H and O–H groups in total. The first kappa shape index (κ1) is 31.4. The normalized spacial score (nSPS) is 15.5. The van der Waals surface area contributed by atoms with Crippen molar-refractivity contribution in [3.8, 4) is 11.1 Å². The van der Waals surface area contributed by atoms with Gasteiger partial charge in [-0.3, -0.25) is 9.59 Å². The Morgan fingerprint density at radius 3 is 1.27 bits per heavy atom. The Hall–Kier alpha value is -7.16. The average Bonchev–Trinajstić information content (AvgIpc) is 3.91. The van der Waals surface area contributed by atoms with Crippen molar-refractivity contribution >= 4 is 66.9 Å². The van der Waals surface area contributed by atoms with E-state index in [1.807, 2.05) is 121 Å². The van der Waals surface area contributed by atoms with Crippen molar-refractivity contribution in [2.24, 2.45) is 0 Å². The van der Waals surface area contributed by atoms with E-state index in [-0.39, 0.29) is 11.6 Å². The maximum absolute atomic E-state index is 14.7. The number of ketones is 2. The van der Waals surface area contributed by atoms with Gasteiger partial charge in [0.1, 0.15) is 0 Å². The summed E-state index contributed by atoms with van der Waals surface area (Å²) in [6, 6.07) is 55.5. The topological polar surface area (TPSA) is 34.1 Å². The molecular weight excluding hydrogens is 669 g/mol. The summed E-state index contributed by atoms with van der Waals surface area (Å²) < 4.78 is 0. The maximum Gasteiger partial charge on any atom is 0.195 e. The number of hydrogen-bond donors (Lipinski definition) is 0. The third-order valence-corrected chi connectivity index (χ3v) is 11.9. The first-order valence-corrected chi connectivity index (χ1v) is 18.7. The second-order valence-corrected chi connectivity index (χ2v) is 14.7. The molecule has 0 aromatic heterocycles. The molecule has 7 aromatic carbocycles. The Balaban J connectivity index is 1.20. The van der Waals surface area contributed by atoms with Gasteiger partial charge >= 0.3 is 0 Å². The van der Waals surface area contributed by atoms with Gasteiger partial charge in [-0.05, 0) is 90.5 Å². The lowest BCUT2D eigenvalue weighted by atomic mass is 9.85. The summed E-state index contributed by atoms with van der Waals surface area (Å²) in [6.45, 7) is 6.97. The van der Waals surface area contributed by atoms with Crippen molar-refractivity contribution in [2.75, 3.05) is 0 Å². The Kier molecular flexibility index (Phi) is 6.66. The van der Waals surface area contributed by atoms with Crippen LogP contribution in [0.25, 0.3) is 66.5 Å². The van der Waals surface area contributed by atoms with Crippen LogP contribution in [0.15, 0.2) is 176 Å². The average molecular weight is 701 g/mol. The third-order valence-electron chi connectivity index (χ3n) is 11.9. The van der Waals surface area contributed by atoms with Crippen molar-refractivity contribution in [3.63, 3.8) is 0 Å². The van der Waals surface area contributed by atoms with Gasteiger partial charge in [0, 0.05) is 44.6 Å². The molecule has 0 unspecified atom stereocenters. The number of carbonyl (C=O) groups excluding carboxylic acids is 2. The van der Waals surface area contributed by atoms with Gasteiger partial charge in [0.15, 0.2) is 11.6 Å². The molecule has 0 atom stereocenters. The summed E-state index contributed by atoms with van der Waals surface area (Å²) in [5.41, 5.74) is 18.9. The van der Waals surface area contributed by atoms with Crippen LogP contribution in [0.2, 0.25) is 0 Å². The molecule has 0 saturated carbocycles. The van der Waals surface area contributed by atoms with Gasteiger partial charge in [0.25, 0.3) is 0 Å². The van der Waals surface area contributed by atoms with Crippen LogP contribution in [0.1, 0.15) is 50.1 Å². The maximum atomic E-state index is 14.7. The zero-order valence-corrected chi connectivity index (χ0v) is 30.1. The second-order valence-electron chi connectivity index (χ2n) is 14.7. The van der Waals surface area contributed by atoms with Crippen LogP contribution in [-0.2, 0) is 9.59 Å². The molecule has 0 heterocycles. The van der Waals surface area contributed by atoms with Crippen molar-refractivity contribution in [1.29, 1.82) is 0 Å². The Bertz CT molecular complexity index is 3030. The minimum Gasteiger partial charge on any atom is -0.289 e. The highest BCUT2D eigenvalue weighted by Gasteiger charge is 2.43. The molecule has 4 aliphatic carbocycles. The van der Waals surface area contributed by atoms with Crippen molar-refractivity contribution in [1.82, 2.24) is 0 Å². The predicted octanol–water partition coefficient (Wildman–Crippen LogP) is 12.2. The molecule has 256 valence electrons. The summed E-state index contributed by atoms with van der Waals surface area (Å²) in [5.74, 6) is 0.0846. The number of hydrogen-bond acceptors (Lipinski definition) is 2. The van der Waals surface area contributed by atoms with Crippen LogP contribution in [-0.4, -0.2) is 11.6 Å². The summed E-state index contributed by atoms with van der Waals surface area (Å²) >= 11 is 0. The van der Waals surface area contributed by atoms with E-state index in [9.17, 15) is 9.59 Å². The van der Waals surface area contributed by atoms with E-state index < -0.39 is 0 Å². The molecule has 2 nitrogen and oxygen atoms in total. The second kappa shape index (κ2) is 11.7. The van der Waals surface area contributed by atoms with Gasteiger partial charge in [0.05, 0.1) is 0 Å². The molecule has 7 aromatic rings. The van der Waals surface area contributed by atoms with E-state index in [0.29, 0.717) is 5.57 Å². The number of rotatable bonds is 5. The van der Waals surface area contributed by atoms with Gasteiger partial charge in [-0.1, -0.05) is 164 Å². The van der Waals surface area contributed by atoms with E-state index in [2.05, 4.69) is 49.4 Å². The Labute approximate surface area is 319 Å². The fraction of sp³-hybridized carbons (Fsp3) is 0.0189. The lowest BCUT2D eigenvalue weighted by molar-refractivity contribution is -0.109. The molecule has 0 radical (unpaired) electrons. The molecule has 0 amide bonds. The zero-order valence-electron chi connectivity index (χ0n) is 30.1. The molecule has 55 heavy (non-hydrogen) atoms. The minimum absolute atomic E-state index is 0.0296. The van der Waals surface area contributed by atoms with Gasteiger partial charge in [-0.15, -0.1) is 0 Å². The van der Waals surface area contributed by atoms with E-state index in [1.54, 1.807) is 0 Å². The SMILES string of the molecule is C=C1C2=C(c3ccccc3)C(=O)C(c3ccccc3)=C2c2cccc(-c3cc4c5c(cccc5c3C)C3=C(c5ccccc5)C(=O)C(c5ccccc5)=C34)c21. The fourth-order valence-electron chi connectivity index (χ4n) is 9.58. The monoisotopic (exact) mass is 700 g/mol. The molecule has 11 rings (SSSR count). The summed E-state index contributed by atoms with van der Waals surface area (Å²) in [4.78, 5) is 29.3. The van der Waals surface area contributed by atoms with Gasteiger partial charge in [-0.2, -0.15) is 0 Å². The molecule has 0 fully saturated rings. The molecule has 0 bridgehead atoms. The van der Waals surface area contributed by atoms with Crippen LogP contribution < -0.4 is 0 Å². The van der Waals surface area contributed by atoms with E-state index in [4.69, 9.17) is 6.58 Å². The van der Waals surface area contributed by atoms with Gasteiger partial charge in [0.2, 0.25) is 0 Å². The van der Waals surface area contributed by atoms with Gasteiger partial charge in [-0.25, -0.2) is 0 Å². The zero-order chi connectivity index (χ0) is 36.9. The number of allylic oxidation sites excluding steroid dienone is 9. The first-order chi connectivity index (χ1) is 27.0. The van der Waals surface area contributed by atoms with Crippen LogP contribution in [0.4, 0.5) is 0 Å². The fourth-order valence-corrected chi connectivity index (χ4v) is 9.58. The molecular formula is C53H32O2. The lowest BCUT2D eigenvalue weighted by Gasteiger charge is -2.17. The molecule has 0 spiro atoms. The Morgan fingerprint density at radius 2 is 0.764 bits per heavy atom. The highest BCUT2D eigenvalue weighted by Crippen LogP contribution is 2.60. The number of Topliss-reactive ketones (excluding diaryl/α,β-unsaturated/α-hetero) is 2. The molecule has 0 saturated heterocycles. The summed E-state index contributed by atoms with van der Waals surface area (Å²) in [7, 11) is 0. The third kappa shape index (κ3) is 4.25. The van der Waals surface area contributed by atoms with Crippen LogP contribution in [0.5, 0.6) is 0 Å². The summed E-state index contributed by atoms with van der Waals surface area (Å²) in [6.07, 6.45) is 0. The Morgan fingerprint density at radius 1 is 0.364 bits per heavy atom. The minimum atomic E-state index is 0.0296. The largest absolute Gasteiger partial charge is 0.289 e. The highest BCUT2D eigenvalue weighted by molar-refractivity contribution is 6.61. The smallest absolute Gasteiger partial charge is 0.195 e. The first-order valence-electron chi connectivity index (χ1n) is 18.7. The van der Waals surface area contributed by atoms with E-state index in [1.165, 1.54) is 10.9 Å². The number of aryl methyl sites for hydroxylation is 1. The van der Waals surface area contributed by atoms with Crippen LogP contribution >= 0.6 is 0 Å². The van der Waals surface area contributed by atoms with Gasteiger partial charge < -0.3 is 0 Å². The van der Waals surface area contributed by atoms with Crippen LogP contribution in [0.3, 0.4) is 0 Å². The predicted molar refractivity (Wildman–Crippen MR) is 226 cm³/mol. The molecule has 0 aliphatic heterocycles. The lowest BCUT2D eigenvalue weighted by Crippen LogP contribution is -2.03. The number of carbonyl (C=O) groups is 2. The highest BCUT2D eigenvalue weighted by atomic mass is 16.1. The van der Waals surface area contributed by atoms with Crippen molar-refractivity contribution in [2.45, 2.75) is 6.92 Å². The molecule has 2 heteroatoms. The number of fused-ring (bicyclic) bond motifs is 6. The summed E-state index contributed by atoms with van der Waals surface area (Å²) in [5, 5.41) is 2.34. The van der Waals surface area contributed by atoms with Crippen LogP contribution in [0, 0.1) is 6.92 Å². The standard InChI is InChI=1S/C53H32O2/c1-30-36-25-15-28-39-48(36)41(51-47(35-23-13-6-14-24-35)53(55)46(50(39)51)34-21-11-5-12-22-34)29-40(30)37-26-16-27-38-42(37)31(2)43-44(32-17-7-3-8-18-32)52(54)45(49(38)43)33-19-9-4-10-20-33/h3-29H,2H2,1H3. The van der Waals surface area contributed by atoms with E-state index in [0.717, 1.165) is 106 Å².